The zero-order valence-electron chi connectivity index (χ0n) is 27.6. The molecule has 0 atom stereocenters. The molecule has 0 unspecified atom stereocenters. The van der Waals surface area contributed by atoms with E-state index in [1.54, 1.807) is 50.6 Å². The molecule has 250 valence electrons. The Labute approximate surface area is 285 Å². The number of aromatic nitrogens is 4. The number of amides is 2. The van der Waals surface area contributed by atoms with Crippen LogP contribution in [0.4, 0.5) is 16.2 Å². The van der Waals surface area contributed by atoms with Gasteiger partial charge in [-0.1, -0.05) is 42.5 Å². The van der Waals surface area contributed by atoms with Gasteiger partial charge in [0.1, 0.15) is 5.69 Å². The predicted octanol–water partition coefficient (Wildman–Crippen LogP) is 6.42. The van der Waals surface area contributed by atoms with E-state index >= 15 is 0 Å². The van der Waals surface area contributed by atoms with Gasteiger partial charge in [-0.2, -0.15) is 5.10 Å². The quantitative estimate of drug-likeness (QED) is 0.198. The number of nitrogens with one attached hydrogen (secondary N) is 1. The summed E-state index contributed by atoms with van der Waals surface area (Å²) in [6, 6.07) is 27.6. The van der Waals surface area contributed by atoms with Crippen LogP contribution in [-0.4, -0.2) is 78.5 Å². The molecule has 0 aliphatic carbocycles. The Bertz CT molecular complexity index is 2240. The maximum absolute atomic E-state index is 14.5. The molecule has 7 rings (SSSR count). The monoisotopic (exact) mass is 675 g/mol. The highest BCUT2D eigenvalue weighted by Crippen LogP contribution is 2.40. The van der Waals surface area contributed by atoms with E-state index in [0.29, 0.717) is 42.2 Å². The Hall–Kier alpha value is -5.46. The van der Waals surface area contributed by atoms with E-state index in [9.17, 15) is 13.2 Å². The molecule has 1 aliphatic rings. The van der Waals surface area contributed by atoms with Gasteiger partial charge in [-0.25, -0.2) is 22.2 Å². The van der Waals surface area contributed by atoms with Crippen LogP contribution in [0.5, 0.6) is 0 Å². The van der Waals surface area contributed by atoms with Gasteiger partial charge in [-0.05, 0) is 61.0 Å². The minimum Gasteiger partial charge on any atom is -0.378 e. The average Bonchev–Trinajstić information content (AvgIpc) is 3.76. The SMILES string of the molecule is CCn1cc(-c2ccnc3c2cc(-c2cccc(N4CCOCC4)c2)n3S(=O)(=O)c2ccccc2)c(-c2ccc(NC(=O)N(C)C)cc2)n1. The highest BCUT2D eigenvalue weighted by atomic mass is 32.2. The van der Waals surface area contributed by atoms with E-state index in [4.69, 9.17) is 9.84 Å². The van der Waals surface area contributed by atoms with Crippen LogP contribution in [0.2, 0.25) is 0 Å². The summed E-state index contributed by atoms with van der Waals surface area (Å²) < 4.78 is 37.7. The molecular weight excluding hydrogens is 639 g/mol. The number of carbonyl (C=O) groups excluding carboxylic acids is 1. The van der Waals surface area contributed by atoms with Gasteiger partial charge in [0.05, 0.1) is 23.8 Å². The van der Waals surface area contributed by atoms with E-state index in [-0.39, 0.29) is 10.9 Å². The predicted molar refractivity (Wildman–Crippen MR) is 192 cm³/mol. The molecule has 12 heteroatoms. The van der Waals surface area contributed by atoms with Crippen molar-refractivity contribution < 1.29 is 17.9 Å². The highest BCUT2D eigenvalue weighted by molar-refractivity contribution is 7.90. The van der Waals surface area contributed by atoms with Crippen LogP contribution in [0.3, 0.4) is 0 Å². The number of nitrogens with zero attached hydrogens (tertiary/aromatic N) is 6. The van der Waals surface area contributed by atoms with Crippen molar-refractivity contribution in [2.75, 3.05) is 50.6 Å². The summed E-state index contributed by atoms with van der Waals surface area (Å²) in [6.45, 7) is 5.45. The second kappa shape index (κ2) is 13.2. The van der Waals surface area contributed by atoms with Crippen molar-refractivity contribution in [1.29, 1.82) is 0 Å². The van der Waals surface area contributed by atoms with Crippen molar-refractivity contribution in [3.63, 3.8) is 0 Å². The molecule has 6 aromatic rings. The number of morpholine rings is 1. The highest BCUT2D eigenvalue weighted by Gasteiger charge is 2.27. The summed E-state index contributed by atoms with van der Waals surface area (Å²) in [6.07, 6.45) is 3.63. The number of rotatable bonds is 8. The molecule has 0 bridgehead atoms. The number of anilines is 2. The van der Waals surface area contributed by atoms with Crippen molar-refractivity contribution >= 4 is 38.5 Å². The number of hydrogen-bond donors (Lipinski definition) is 1. The zero-order chi connectivity index (χ0) is 34.1. The molecule has 1 N–H and O–H groups in total. The van der Waals surface area contributed by atoms with Crippen LogP contribution >= 0.6 is 0 Å². The van der Waals surface area contributed by atoms with Gasteiger partial charge in [0.2, 0.25) is 0 Å². The smallest absolute Gasteiger partial charge is 0.321 e. The Morgan fingerprint density at radius 1 is 0.898 bits per heavy atom. The molecule has 3 aromatic carbocycles. The van der Waals surface area contributed by atoms with E-state index in [1.807, 2.05) is 78.5 Å². The van der Waals surface area contributed by atoms with Gasteiger partial charge in [0.15, 0.2) is 5.65 Å². The van der Waals surface area contributed by atoms with Crippen molar-refractivity contribution in [1.82, 2.24) is 23.6 Å². The normalized spacial score (nSPS) is 13.5. The standard InChI is InChI=1S/C37H37N7O4S/c1-4-43-25-33(35(40-43)26-13-15-28(16-14-26)39-37(45)41(2)3)31-17-18-38-36-32(31)24-34(44(36)49(46,47)30-11-6-5-7-12-30)27-9-8-10-29(23-27)42-19-21-48-22-20-42/h5-18,23-25H,4,19-22H2,1-3H3,(H,39,45). The van der Waals surface area contributed by atoms with E-state index in [1.165, 1.54) is 8.87 Å². The number of aryl methyl sites for hydroxylation is 1. The van der Waals surface area contributed by atoms with Gasteiger partial charge in [-0.3, -0.25) is 4.68 Å². The van der Waals surface area contributed by atoms with Crippen LogP contribution in [-0.2, 0) is 21.3 Å². The van der Waals surface area contributed by atoms with Crippen LogP contribution in [0.15, 0.2) is 108 Å². The van der Waals surface area contributed by atoms with Gasteiger partial charge in [0.25, 0.3) is 10.0 Å². The Kier molecular flexibility index (Phi) is 8.66. The number of hydrogen-bond acceptors (Lipinski definition) is 7. The second-order valence-corrected chi connectivity index (χ2v) is 13.8. The lowest BCUT2D eigenvalue weighted by Crippen LogP contribution is -2.36. The summed E-state index contributed by atoms with van der Waals surface area (Å²) >= 11 is 0. The molecule has 0 saturated carbocycles. The molecule has 49 heavy (non-hydrogen) atoms. The van der Waals surface area contributed by atoms with E-state index in [0.717, 1.165) is 46.7 Å². The number of pyridine rings is 1. The van der Waals surface area contributed by atoms with Crippen molar-refractivity contribution in [3.8, 4) is 33.6 Å². The van der Waals surface area contributed by atoms with Crippen molar-refractivity contribution in [2.45, 2.75) is 18.4 Å². The van der Waals surface area contributed by atoms with Crippen molar-refractivity contribution in [3.05, 3.63) is 103 Å². The Morgan fingerprint density at radius 2 is 1.65 bits per heavy atom. The average molecular weight is 676 g/mol. The minimum absolute atomic E-state index is 0.172. The van der Waals surface area contributed by atoms with Crippen LogP contribution in [0.1, 0.15) is 6.92 Å². The lowest BCUT2D eigenvalue weighted by molar-refractivity contribution is 0.122. The molecule has 11 nitrogen and oxygen atoms in total. The number of carbonyl (C=O) groups is 1. The van der Waals surface area contributed by atoms with Gasteiger partial charge in [-0.15, -0.1) is 0 Å². The molecule has 1 aliphatic heterocycles. The zero-order valence-corrected chi connectivity index (χ0v) is 28.4. The third-order valence-electron chi connectivity index (χ3n) is 8.65. The summed E-state index contributed by atoms with van der Waals surface area (Å²) in [4.78, 5) is 20.8. The van der Waals surface area contributed by atoms with E-state index in [2.05, 4.69) is 15.2 Å². The molecule has 1 fully saturated rings. The van der Waals surface area contributed by atoms with Crippen molar-refractivity contribution in [2.24, 2.45) is 0 Å². The first-order valence-corrected chi connectivity index (χ1v) is 17.6. The first-order valence-electron chi connectivity index (χ1n) is 16.2. The first kappa shape index (κ1) is 32.1. The molecule has 4 heterocycles. The molecule has 0 spiro atoms. The Balaban J connectivity index is 1.41. The lowest BCUT2D eigenvalue weighted by Gasteiger charge is -2.29. The van der Waals surface area contributed by atoms with E-state index < -0.39 is 10.0 Å². The fourth-order valence-corrected chi connectivity index (χ4v) is 7.58. The number of ether oxygens (including phenoxy) is 1. The maximum Gasteiger partial charge on any atom is 0.321 e. The van der Waals surface area contributed by atoms with Crippen LogP contribution in [0, 0.1) is 0 Å². The summed E-state index contributed by atoms with van der Waals surface area (Å²) in [7, 11) is -0.683. The third-order valence-corrected chi connectivity index (χ3v) is 10.4. The fraction of sp³-hybridized carbons (Fsp3) is 0.216. The number of urea groups is 1. The van der Waals surface area contributed by atoms with Crippen LogP contribution in [0.25, 0.3) is 44.7 Å². The topological polar surface area (TPSA) is 115 Å². The van der Waals surface area contributed by atoms with Gasteiger partial charge in [0, 0.05) is 79.6 Å². The first-order chi connectivity index (χ1) is 23.7. The van der Waals surface area contributed by atoms with Gasteiger partial charge >= 0.3 is 6.03 Å². The minimum atomic E-state index is -4.06. The molecule has 0 radical (unpaired) electrons. The fourth-order valence-electron chi connectivity index (χ4n) is 6.08. The largest absolute Gasteiger partial charge is 0.378 e. The number of fused-ring (bicyclic) bond motifs is 1. The summed E-state index contributed by atoms with van der Waals surface area (Å²) in [5, 5.41) is 8.46. The molecule has 3 aromatic heterocycles. The van der Waals surface area contributed by atoms with Gasteiger partial charge < -0.3 is 19.9 Å². The number of benzene rings is 3. The summed E-state index contributed by atoms with van der Waals surface area (Å²) in [5.41, 5.74) is 6.48. The molecular formula is C37H37N7O4S. The molecule has 1 saturated heterocycles. The summed E-state index contributed by atoms with van der Waals surface area (Å²) in [5.74, 6) is 0. The van der Waals surface area contributed by atoms with Crippen LogP contribution < -0.4 is 10.2 Å². The Morgan fingerprint density at radius 3 is 2.37 bits per heavy atom. The third kappa shape index (κ3) is 6.16. The lowest BCUT2D eigenvalue weighted by atomic mass is 10.00. The molecule has 2 amide bonds. The second-order valence-electron chi connectivity index (χ2n) is 12.0. The maximum atomic E-state index is 14.5.